The molecule has 0 bridgehead atoms. The molecule has 64 valence electrons. The summed E-state index contributed by atoms with van der Waals surface area (Å²) in [6, 6.07) is 2.54. The van der Waals surface area contributed by atoms with E-state index in [9.17, 15) is 0 Å². The van der Waals surface area contributed by atoms with Gasteiger partial charge < -0.3 is 5.32 Å². The average molecular weight is 163 g/mol. The van der Waals surface area contributed by atoms with E-state index in [1.807, 2.05) is 6.92 Å². The molecule has 0 aliphatic carbocycles. The fourth-order valence-electron chi connectivity index (χ4n) is 1.56. The third-order valence-electron chi connectivity index (χ3n) is 2.51. The lowest BCUT2D eigenvalue weighted by molar-refractivity contribution is 0.665. The van der Waals surface area contributed by atoms with Crippen LogP contribution in [0.15, 0.2) is 6.07 Å². The van der Waals surface area contributed by atoms with E-state index in [0.29, 0.717) is 12.0 Å². The van der Waals surface area contributed by atoms with Gasteiger partial charge in [-0.15, -0.1) is 0 Å². The fraction of sp³-hybridized carbons (Fsp3) is 0.556. The van der Waals surface area contributed by atoms with Crippen LogP contribution in [-0.2, 0) is 0 Å². The Labute approximate surface area is 72.2 Å². The Balaban J connectivity index is 2.47. The average Bonchev–Trinajstić information content (AvgIpc) is 2.28. The van der Waals surface area contributed by atoms with Gasteiger partial charge in [-0.3, -0.25) is 0 Å². The second-order valence-corrected chi connectivity index (χ2v) is 3.51. The summed E-state index contributed by atoms with van der Waals surface area (Å²) in [5.41, 5.74) is 3.23. The summed E-state index contributed by atoms with van der Waals surface area (Å²) in [5, 5.41) is 11.6. The first-order valence-corrected chi connectivity index (χ1v) is 4.29. The highest BCUT2D eigenvalue weighted by atomic mass is 15.1. The van der Waals surface area contributed by atoms with Crippen molar-refractivity contribution < 1.29 is 0 Å². The zero-order chi connectivity index (χ0) is 8.72. The number of aromatic nitrogens is 2. The third-order valence-corrected chi connectivity index (χ3v) is 2.51. The van der Waals surface area contributed by atoms with Gasteiger partial charge in [-0.1, -0.05) is 6.92 Å². The number of nitrogens with zero attached hydrogens (tertiary/aromatic N) is 2. The van der Waals surface area contributed by atoms with Crippen LogP contribution in [-0.4, -0.2) is 16.2 Å². The second kappa shape index (κ2) is 2.44. The van der Waals surface area contributed by atoms with Crippen LogP contribution in [0.25, 0.3) is 0 Å². The number of rotatable bonds is 0. The van der Waals surface area contributed by atoms with E-state index in [0.717, 1.165) is 17.1 Å². The summed E-state index contributed by atoms with van der Waals surface area (Å²) in [6.45, 7) is 6.30. The van der Waals surface area contributed by atoms with Gasteiger partial charge in [0.1, 0.15) is 0 Å². The zero-order valence-corrected chi connectivity index (χ0v) is 7.63. The molecule has 0 aromatic carbocycles. The number of fused-ring (bicyclic) bond motifs is 1. The number of hydrogen-bond acceptors (Lipinski definition) is 3. The van der Waals surface area contributed by atoms with Crippen LogP contribution in [0.4, 0.5) is 5.69 Å². The minimum Gasteiger partial charge on any atom is -0.380 e. The van der Waals surface area contributed by atoms with Crippen LogP contribution >= 0.6 is 0 Å². The van der Waals surface area contributed by atoms with E-state index >= 15 is 0 Å². The van der Waals surface area contributed by atoms with Crippen molar-refractivity contribution in [3.63, 3.8) is 0 Å². The molecule has 0 radical (unpaired) electrons. The van der Waals surface area contributed by atoms with Crippen molar-refractivity contribution in [2.24, 2.45) is 0 Å². The van der Waals surface area contributed by atoms with Crippen LogP contribution in [0.5, 0.6) is 0 Å². The first kappa shape index (κ1) is 7.53. The minimum absolute atomic E-state index is 0.480. The van der Waals surface area contributed by atoms with Crippen molar-refractivity contribution in [2.45, 2.75) is 32.7 Å². The maximum absolute atomic E-state index is 4.18. The molecule has 3 nitrogen and oxygen atoms in total. The minimum atomic E-state index is 0.480. The Morgan fingerprint density at radius 1 is 1.33 bits per heavy atom. The predicted molar refractivity (Wildman–Crippen MR) is 48.3 cm³/mol. The smallest absolute Gasteiger partial charge is 0.0910 e. The molecule has 2 heterocycles. The van der Waals surface area contributed by atoms with Gasteiger partial charge in [0.25, 0.3) is 0 Å². The number of anilines is 1. The molecule has 2 unspecified atom stereocenters. The Morgan fingerprint density at radius 2 is 2.08 bits per heavy atom. The molecule has 0 fully saturated rings. The highest BCUT2D eigenvalue weighted by molar-refractivity contribution is 5.55. The number of hydrogen-bond donors (Lipinski definition) is 1. The third kappa shape index (κ3) is 0.967. The van der Waals surface area contributed by atoms with Crippen LogP contribution in [0, 0.1) is 6.92 Å². The topological polar surface area (TPSA) is 37.8 Å². The van der Waals surface area contributed by atoms with Crippen molar-refractivity contribution in [3.05, 3.63) is 17.5 Å². The lowest BCUT2D eigenvalue weighted by Gasteiger charge is -2.07. The molecule has 0 amide bonds. The molecule has 1 N–H and O–H groups in total. The van der Waals surface area contributed by atoms with E-state index < -0.39 is 0 Å². The highest BCUT2D eigenvalue weighted by Gasteiger charge is 2.26. The molecule has 1 aromatic heterocycles. The SMILES string of the molecule is Cc1cc2c(nn1)C(C)C(C)N2. The molecule has 3 heteroatoms. The van der Waals surface area contributed by atoms with E-state index in [1.54, 1.807) is 0 Å². The lowest BCUT2D eigenvalue weighted by atomic mass is 10.0. The summed E-state index contributed by atoms with van der Waals surface area (Å²) in [5.74, 6) is 0.480. The molecule has 1 aliphatic heterocycles. The Bertz CT molecular complexity index is 309. The summed E-state index contributed by atoms with van der Waals surface area (Å²) in [4.78, 5) is 0. The molecule has 2 atom stereocenters. The fourth-order valence-corrected chi connectivity index (χ4v) is 1.56. The van der Waals surface area contributed by atoms with E-state index in [2.05, 4.69) is 35.4 Å². The molecule has 1 aliphatic rings. The van der Waals surface area contributed by atoms with Crippen LogP contribution in [0.2, 0.25) is 0 Å². The van der Waals surface area contributed by atoms with Gasteiger partial charge in [0, 0.05) is 12.0 Å². The van der Waals surface area contributed by atoms with Gasteiger partial charge in [-0.2, -0.15) is 10.2 Å². The maximum Gasteiger partial charge on any atom is 0.0910 e. The quantitative estimate of drug-likeness (QED) is 0.632. The van der Waals surface area contributed by atoms with Gasteiger partial charge in [-0.05, 0) is 19.9 Å². The number of aryl methyl sites for hydroxylation is 1. The van der Waals surface area contributed by atoms with Gasteiger partial charge in [0.15, 0.2) is 0 Å². The summed E-state index contributed by atoms with van der Waals surface area (Å²) >= 11 is 0. The van der Waals surface area contributed by atoms with Gasteiger partial charge in [0.05, 0.1) is 17.1 Å². The number of nitrogens with one attached hydrogen (secondary N) is 1. The van der Waals surface area contributed by atoms with Crippen molar-refractivity contribution in [1.82, 2.24) is 10.2 Å². The Hall–Kier alpha value is -1.12. The Morgan fingerprint density at radius 3 is 2.83 bits per heavy atom. The lowest BCUT2D eigenvalue weighted by Crippen LogP contribution is -2.13. The summed E-state index contributed by atoms with van der Waals surface area (Å²) in [7, 11) is 0. The molecule has 0 saturated carbocycles. The first-order valence-electron chi connectivity index (χ1n) is 4.29. The highest BCUT2D eigenvalue weighted by Crippen LogP contribution is 2.32. The standard InChI is InChI=1S/C9H13N3/c1-5-4-8-9(12-11-5)6(2)7(3)10-8/h4,6-7,10H,1-3H3. The van der Waals surface area contributed by atoms with E-state index in [1.165, 1.54) is 0 Å². The molecule has 12 heavy (non-hydrogen) atoms. The normalized spacial score (nSPS) is 26.6. The molecule has 0 saturated heterocycles. The van der Waals surface area contributed by atoms with Gasteiger partial charge >= 0.3 is 0 Å². The van der Waals surface area contributed by atoms with Crippen LogP contribution in [0.1, 0.15) is 31.2 Å². The van der Waals surface area contributed by atoms with E-state index in [4.69, 9.17) is 0 Å². The molecule has 2 rings (SSSR count). The zero-order valence-electron chi connectivity index (χ0n) is 7.63. The molecule has 0 spiro atoms. The molecular formula is C9H13N3. The Kier molecular flexibility index (Phi) is 1.53. The van der Waals surface area contributed by atoms with Gasteiger partial charge in [0.2, 0.25) is 0 Å². The van der Waals surface area contributed by atoms with Crippen molar-refractivity contribution in [1.29, 1.82) is 0 Å². The molecule has 1 aromatic rings. The van der Waals surface area contributed by atoms with Crippen LogP contribution < -0.4 is 5.32 Å². The van der Waals surface area contributed by atoms with Crippen molar-refractivity contribution >= 4 is 5.69 Å². The molecular weight excluding hydrogens is 150 g/mol. The van der Waals surface area contributed by atoms with Crippen LogP contribution in [0.3, 0.4) is 0 Å². The monoisotopic (exact) mass is 163 g/mol. The van der Waals surface area contributed by atoms with Crippen molar-refractivity contribution in [3.8, 4) is 0 Å². The summed E-state index contributed by atoms with van der Waals surface area (Å²) in [6.07, 6.45) is 0. The maximum atomic E-state index is 4.18. The predicted octanol–water partition coefficient (Wildman–Crippen LogP) is 1.70. The van der Waals surface area contributed by atoms with Gasteiger partial charge in [-0.25, -0.2) is 0 Å². The first-order chi connectivity index (χ1) is 5.68. The van der Waals surface area contributed by atoms with Crippen molar-refractivity contribution in [2.75, 3.05) is 5.32 Å². The second-order valence-electron chi connectivity index (χ2n) is 3.51. The van der Waals surface area contributed by atoms with E-state index in [-0.39, 0.29) is 0 Å². The summed E-state index contributed by atoms with van der Waals surface area (Å²) < 4.78 is 0. The largest absolute Gasteiger partial charge is 0.380 e.